The number of unbranched alkanes of at least 4 members (excludes halogenated alkanes) is 10. The van der Waals surface area contributed by atoms with E-state index in [9.17, 15) is 0 Å². The molecule has 0 saturated carbocycles. The topological polar surface area (TPSA) is 98.9 Å². The van der Waals surface area contributed by atoms with Gasteiger partial charge in [0.25, 0.3) is 11.9 Å². The van der Waals surface area contributed by atoms with E-state index in [1.807, 2.05) is 20.8 Å². The third-order valence-corrected chi connectivity index (χ3v) is 9.80. The lowest BCUT2D eigenvalue weighted by molar-refractivity contribution is -0.403. The maximum Gasteiger partial charge on any atom is 0.285 e. The summed E-state index contributed by atoms with van der Waals surface area (Å²) in [4.78, 5) is 0. The Balaban J connectivity index is 0.000000514. The molecule has 0 aromatic heterocycles. The van der Waals surface area contributed by atoms with Gasteiger partial charge in [-0.05, 0) is 59.3 Å². The number of epoxide rings is 2. The average Bonchev–Trinajstić information content (AvgIpc) is 4.08. The molecule has 0 radical (unpaired) electrons. The fourth-order valence-corrected chi connectivity index (χ4v) is 6.79. The van der Waals surface area contributed by atoms with Crippen LogP contribution in [0.25, 0.3) is 0 Å². The second-order valence-corrected chi connectivity index (χ2v) is 14.0. The van der Waals surface area contributed by atoms with Crippen molar-refractivity contribution < 1.29 is 47.4 Å². The summed E-state index contributed by atoms with van der Waals surface area (Å²) in [6.45, 7) is 16.9. The molecule has 0 N–H and O–H groups in total. The predicted molar refractivity (Wildman–Crippen MR) is 204 cm³/mol. The van der Waals surface area contributed by atoms with Crippen LogP contribution in [-0.4, -0.2) is 105 Å². The standard InChI is InChI=1S/C22H44O5.C19H38O5/c1-5-9-10-11-12-13-15-20(16-14-17-23-18-21-19-24-21)22(25-6-2,26-7-3)27-8-4;1-5-6-7-8-9-10-12-17(19(20-2,21-3)22-4)13-11-14-23-15-18-16-24-18/h20-21H,5-19H2,1-4H3;17-18H,5-16H2,1-4H3. The third kappa shape index (κ3) is 22.5. The fraction of sp³-hybridized carbons (Fsp3) is 1.00. The Hall–Kier alpha value is -0.400. The van der Waals surface area contributed by atoms with Gasteiger partial charge in [-0.3, -0.25) is 0 Å². The lowest BCUT2D eigenvalue weighted by atomic mass is 9.93. The fourth-order valence-electron chi connectivity index (χ4n) is 6.79. The number of hydrogen-bond acceptors (Lipinski definition) is 10. The molecule has 0 aliphatic carbocycles. The second-order valence-electron chi connectivity index (χ2n) is 14.0. The van der Waals surface area contributed by atoms with Crippen LogP contribution in [0.15, 0.2) is 0 Å². The molecule has 0 spiro atoms. The van der Waals surface area contributed by atoms with Crippen LogP contribution in [0.2, 0.25) is 0 Å². The van der Waals surface area contributed by atoms with Gasteiger partial charge in [0.05, 0.1) is 26.4 Å². The monoisotopic (exact) mass is 735 g/mol. The number of rotatable bonds is 37. The van der Waals surface area contributed by atoms with E-state index in [4.69, 9.17) is 47.4 Å². The van der Waals surface area contributed by atoms with E-state index in [-0.39, 0.29) is 11.8 Å². The summed E-state index contributed by atoms with van der Waals surface area (Å²) < 4.78 is 56.7. The van der Waals surface area contributed by atoms with E-state index < -0.39 is 11.9 Å². The zero-order chi connectivity index (χ0) is 37.5. The second kappa shape index (κ2) is 31.9. The van der Waals surface area contributed by atoms with Crippen LogP contribution >= 0.6 is 0 Å². The zero-order valence-electron chi connectivity index (χ0n) is 34.5. The van der Waals surface area contributed by atoms with Crippen molar-refractivity contribution in [3.63, 3.8) is 0 Å². The number of methoxy groups -OCH3 is 3. The van der Waals surface area contributed by atoms with E-state index >= 15 is 0 Å². The van der Waals surface area contributed by atoms with E-state index in [0.29, 0.717) is 38.6 Å². The van der Waals surface area contributed by atoms with E-state index in [2.05, 4.69) is 13.8 Å². The van der Waals surface area contributed by atoms with Gasteiger partial charge in [0.15, 0.2) is 0 Å². The van der Waals surface area contributed by atoms with Gasteiger partial charge in [0.2, 0.25) is 0 Å². The van der Waals surface area contributed by atoms with E-state index in [1.165, 1.54) is 77.0 Å². The van der Waals surface area contributed by atoms with Crippen molar-refractivity contribution in [1.29, 1.82) is 0 Å². The first-order valence-corrected chi connectivity index (χ1v) is 20.9. The maximum absolute atomic E-state index is 6.07. The molecular weight excluding hydrogens is 652 g/mol. The molecule has 0 bridgehead atoms. The van der Waals surface area contributed by atoms with Crippen molar-refractivity contribution in [2.45, 2.75) is 174 Å². The minimum Gasteiger partial charge on any atom is -0.379 e. The van der Waals surface area contributed by atoms with E-state index in [0.717, 1.165) is 71.6 Å². The quantitative estimate of drug-likeness (QED) is 0.0349. The Morgan fingerprint density at radius 2 is 0.804 bits per heavy atom. The first-order chi connectivity index (χ1) is 24.9. The zero-order valence-corrected chi connectivity index (χ0v) is 34.5. The molecule has 2 aliphatic rings. The van der Waals surface area contributed by atoms with E-state index in [1.54, 1.807) is 21.3 Å². The van der Waals surface area contributed by atoms with Gasteiger partial charge in [-0.2, -0.15) is 0 Å². The molecule has 2 aliphatic heterocycles. The van der Waals surface area contributed by atoms with Crippen LogP contribution in [0.4, 0.5) is 0 Å². The molecule has 0 amide bonds. The summed E-state index contributed by atoms with van der Waals surface area (Å²) in [5, 5.41) is 0. The molecule has 0 aromatic rings. The number of hydrogen-bond donors (Lipinski definition) is 0. The van der Waals surface area contributed by atoms with Crippen molar-refractivity contribution in [2.75, 3.05) is 80.8 Å². The smallest absolute Gasteiger partial charge is 0.285 e. The van der Waals surface area contributed by atoms with Gasteiger partial charge in [0.1, 0.15) is 12.2 Å². The molecule has 2 rings (SSSR count). The van der Waals surface area contributed by atoms with Gasteiger partial charge in [-0.15, -0.1) is 0 Å². The van der Waals surface area contributed by atoms with Crippen molar-refractivity contribution in [3.8, 4) is 0 Å². The highest BCUT2D eigenvalue weighted by atomic mass is 16.9. The molecule has 4 unspecified atom stereocenters. The highest BCUT2D eigenvalue weighted by Crippen LogP contribution is 2.35. The Morgan fingerprint density at radius 3 is 1.14 bits per heavy atom. The Bertz CT molecular complexity index is 719. The maximum atomic E-state index is 6.07. The van der Waals surface area contributed by atoms with Gasteiger partial charge in [-0.25, -0.2) is 0 Å². The SMILES string of the molecule is CCCCCCCCC(CCCOCC1CO1)C(OC)(OC)OC.CCCCCCCCC(CCCOCC1CO1)C(OCC)(OCC)OCC. The summed E-state index contributed by atoms with van der Waals surface area (Å²) >= 11 is 0. The van der Waals surface area contributed by atoms with Crippen LogP contribution in [-0.2, 0) is 47.4 Å². The highest BCUT2D eigenvalue weighted by Gasteiger charge is 2.42. The Labute approximate surface area is 313 Å². The minimum absolute atomic E-state index is 0.212. The normalized spacial score (nSPS) is 18.4. The summed E-state index contributed by atoms with van der Waals surface area (Å²) in [5.74, 6) is -1.42. The molecule has 0 aromatic carbocycles. The lowest BCUT2D eigenvalue weighted by Gasteiger charge is -2.39. The Morgan fingerprint density at radius 1 is 0.471 bits per heavy atom. The van der Waals surface area contributed by atoms with Gasteiger partial charge in [0, 0.05) is 66.2 Å². The molecule has 4 atom stereocenters. The minimum atomic E-state index is -0.941. The highest BCUT2D eigenvalue weighted by molar-refractivity contribution is 4.74. The molecule has 2 fully saturated rings. The molecule has 10 heteroatoms. The summed E-state index contributed by atoms with van der Waals surface area (Å²) in [5.41, 5.74) is 0. The first-order valence-electron chi connectivity index (χ1n) is 20.9. The predicted octanol–water partition coefficient (Wildman–Crippen LogP) is 9.45. The molecule has 306 valence electrons. The van der Waals surface area contributed by atoms with Crippen molar-refractivity contribution in [2.24, 2.45) is 11.8 Å². The molecule has 2 saturated heterocycles. The molecular formula is C41H82O10. The summed E-state index contributed by atoms with van der Waals surface area (Å²) in [6, 6.07) is 0. The van der Waals surface area contributed by atoms with Crippen molar-refractivity contribution in [3.05, 3.63) is 0 Å². The van der Waals surface area contributed by atoms with Crippen LogP contribution in [0.1, 0.15) is 150 Å². The van der Waals surface area contributed by atoms with Gasteiger partial charge >= 0.3 is 0 Å². The van der Waals surface area contributed by atoms with Gasteiger partial charge in [-0.1, -0.05) is 90.9 Å². The van der Waals surface area contributed by atoms with Crippen LogP contribution in [0.5, 0.6) is 0 Å². The van der Waals surface area contributed by atoms with Crippen molar-refractivity contribution in [1.82, 2.24) is 0 Å². The Kier molecular flexibility index (Phi) is 30.4. The van der Waals surface area contributed by atoms with Crippen molar-refractivity contribution >= 4 is 0 Å². The molecule has 2 heterocycles. The summed E-state index contributed by atoms with van der Waals surface area (Å²) in [7, 11) is 4.96. The molecule has 51 heavy (non-hydrogen) atoms. The van der Waals surface area contributed by atoms with Crippen LogP contribution in [0.3, 0.4) is 0 Å². The molecule has 10 nitrogen and oxygen atoms in total. The van der Waals surface area contributed by atoms with Crippen LogP contribution in [0, 0.1) is 11.8 Å². The summed E-state index contributed by atoms with van der Waals surface area (Å²) in [6.07, 6.45) is 22.2. The van der Waals surface area contributed by atoms with Crippen LogP contribution < -0.4 is 0 Å². The number of ether oxygens (including phenoxy) is 10. The third-order valence-electron chi connectivity index (χ3n) is 9.80. The average molecular weight is 735 g/mol. The lowest BCUT2D eigenvalue weighted by Crippen LogP contribution is -2.47. The van der Waals surface area contributed by atoms with Gasteiger partial charge < -0.3 is 47.4 Å². The first kappa shape index (κ1) is 48.6. The largest absolute Gasteiger partial charge is 0.379 e.